The van der Waals surface area contributed by atoms with Gasteiger partial charge in [0.15, 0.2) is 0 Å². The molecule has 0 spiro atoms. The van der Waals surface area contributed by atoms with E-state index < -0.39 is 0 Å². The molecule has 88 valence electrons. The zero-order valence-electron chi connectivity index (χ0n) is 9.58. The van der Waals surface area contributed by atoms with E-state index in [4.69, 9.17) is 5.11 Å². The topological polar surface area (TPSA) is 52.1 Å². The summed E-state index contributed by atoms with van der Waals surface area (Å²) in [7, 11) is 0. The van der Waals surface area contributed by atoms with Gasteiger partial charge in [-0.2, -0.15) is 5.10 Å². The summed E-state index contributed by atoms with van der Waals surface area (Å²) in [5.74, 6) is 0.495. The van der Waals surface area contributed by atoms with E-state index in [1.54, 1.807) is 0 Å². The summed E-state index contributed by atoms with van der Waals surface area (Å²) in [4.78, 5) is 2.37. The van der Waals surface area contributed by atoms with E-state index in [-0.39, 0.29) is 0 Å². The molecule has 0 atom stereocenters. The normalized spacial score (nSPS) is 21.8. The van der Waals surface area contributed by atoms with E-state index in [1.165, 1.54) is 42.6 Å². The van der Waals surface area contributed by atoms with E-state index in [0.29, 0.717) is 12.5 Å². The molecule has 4 nitrogen and oxygen atoms in total. The van der Waals surface area contributed by atoms with Crippen molar-refractivity contribution in [3.05, 3.63) is 17.0 Å². The number of hydrogen-bond acceptors (Lipinski definition) is 3. The van der Waals surface area contributed by atoms with Gasteiger partial charge in [-0.25, -0.2) is 0 Å². The van der Waals surface area contributed by atoms with Crippen molar-refractivity contribution in [1.82, 2.24) is 15.1 Å². The SMILES string of the molecule is OCC1CN(Cc2n[nH]c3c2CCCC3)C1. The van der Waals surface area contributed by atoms with Crippen molar-refractivity contribution >= 4 is 0 Å². The summed E-state index contributed by atoms with van der Waals surface area (Å²) in [6, 6.07) is 0. The van der Waals surface area contributed by atoms with Crippen LogP contribution in [0.15, 0.2) is 0 Å². The monoisotopic (exact) mass is 221 g/mol. The lowest BCUT2D eigenvalue weighted by atomic mass is 9.94. The van der Waals surface area contributed by atoms with E-state index in [1.807, 2.05) is 0 Å². The largest absolute Gasteiger partial charge is 0.396 e. The van der Waals surface area contributed by atoms with Crippen LogP contribution in [-0.4, -0.2) is 39.9 Å². The van der Waals surface area contributed by atoms with Crippen LogP contribution in [0.2, 0.25) is 0 Å². The standard InChI is InChI=1S/C12H19N3O/c16-8-9-5-15(6-9)7-12-10-3-1-2-4-11(10)13-14-12/h9,16H,1-8H2,(H,13,14). The van der Waals surface area contributed by atoms with Gasteiger partial charge < -0.3 is 5.11 Å². The third-order valence-electron chi connectivity index (χ3n) is 3.81. The number of hydrogen-bond donors (Lipinski definition) is 2. The van der Waals surface area contributed by atoms with Crippen molar-refractivity contribution in [2.24, 2.45) is 5.92 Å². The van der Waals surface area contributed by atoms with Crippen molar-refractivity contribution in [1.29, 1.82) is 0 Å². The molecule has 1 fully saturated rings. The molecule has 0 bridgehead atoms. The molecule has 1 aliphatic heterocycles. The number of nitrogens with zero attached hydrogens (tertiary/aromatic N) is 2. The smallest absolute Gasteiger partial charge is 0.0797 e. The van der Waals surface area contributed by atoms with Crippen molar-refractivity contribution in [3.8, 4) is 0 Å². The van der Waals surface area contributed by atoms with Crippen LogP contribution in [-0.2, 0) is 19.4 Å². The fraction of sp³-hybridized carbons (Fsp3) is 0.750. The van der Waals surface area contributed by atoms with Gasteiger partial charge in [-0.3, -0.25) is 10.00 Å². The van der Waals surface area contributed by atoms with Gasteiger partial charge >= 0.3 is 0 Å². The Balaban J connectivity index is 1.65. The van der Waals surface area contributed by atoms with Crippen LogP contribution in [0.25, 0.3) is 0 Å². The molecule has 0 saturated carbocycles. The zero-order chi connectivity index (χ0) is 11.0. The summed E-state index contributed by atoms with van der Waals surface area (Å²) in [5, 5.41) is 16.6. The van der Waals surface area contributed by atoms with Gasteiger partial charge in [-0.1, -0.05) is 0 Å². The Kier molecular flexibility index (Phi) is 2.69. The minimum Gasteiger partial charge on any atom is -0.396 e. The molecule has 2 heterocycles. The molecule has 1 aromatic rings. The average Bonchev–Trinajstić information content (AvgIpc) is 2.66. The van der Waals surface area contributed by atoms with E-state index in [0.717, 1.165) is 19.6 Å². The van der Waals surface area contributed by atoms with Crippen LogP contribution in [0.3, 0.4) is 0 Å². The molecule has 0 radical (unpaired) electrons. The van der Waals surface area contributed by atoms with Gasteiger partial charge in [0.25, 0.3) is 0 Å². The number of likely N-dealkylation sites (tertiary alicyclic amines) is 1. The minimum atomic E-state index is 0.329. The summed E-state index contributed by atoms with van der Waals surface area (Å²) in [5.41, 5.74) is 4.07. The maximum atomic E-state index is 8.97. The Labute approximate surface area is 95.7 Å². The highest BCUT2D eigenvalue weighted by atomic mass is 16.3. The third kappa shape index (κ3) is 1.76. The van der Waals surface area contributed by atoms with Crippen LogP contribution in [0.4, 0.5) is 0 Å². The summed E-state index contributed by atoms with van der Waals surface area (Å²) in [6.45, 7) is 3.34. The lowest BCUT2D eigenvalue weighted by molar-refractivity contribution is 0.0468. The maximum absolute atomic E-state index is 8.97. The molecule has 0 unspecified atom stereocenters. The first kappa shape index (κ1) is 10.3. The zero-order valence-corrected chi connectivity index (χ0v) is 9.58. The van der Waals surface area contributed by atoms with Crippen LogP contribution >= 0.6 is 0 Å². The number of H-pyrrole nitrogens is 1. The molecule has 2 N–H and O–H groups in total. The molecule has 0 amide bonds. The molecular weight excluding hydrogens is 202 g/mol. The number of aryl methyl sites for hydroxylation is 1. The van der Waals surface area contributed by atoms with Crippen molar-refractivity contribution in [2.45, 2.75) is 32.2 Å². The summed E-state index contributed by atoms with van der Waals surface area (Å²) >= 11 is 0. The Hall–Kier alpha value is -0.870. The molecule has 1 saturated heterocycles. The number of aliphatic hydroxyl groups is 1. The highest BCUT2D eigenvalue weighted by Crippen LogP contribution is 2.25. The molecule has 16 heavy (non-hydrogen) atoms. The first-order valence-electron chi connectivity index (χ1n) is 6.25. The Morgan fingerprint density at radius 3 is 2.94 bits per heavy atom. The highest BCUT2D eigenvalue weighted by molar-refractivity contribution is 5.27. The van der Waals surface area contributed by atoms with Gasteiger partial charge in [0.05, 0.1) is 5.69 Å². The van der Waals surface area contributed by atoms with Crippen molar-refractivity contribution in [3.63, 3.8) is 0 Å². The van der Waals surface area contributed by atoms with Crippen molar-refractivity contribution in [2.75, 3.05) is 19.7 Å². The second kappa shape index (κ2) is 4.18. The molecule has 3 rings (SSSR count). The fourth-order valence-electron chi connectivity index (χ4n) is 2.81. The number of aromatic amines is 1. The molecule has 1 aliphatic carbocycles. The maximum Gasteiger partial charge on any atom is 0.0797 e. The lowest BCUT2D eigenvalue weighted by Gasteiger charge is -2.37. The van der Waals surface area contributed by atoms with Gasteiger partial charge in [0.2, 0.25) is 0 Å². The van der Waals surface area contributed by atoms with Gasteiger partial charge in [-0.15, -0.1) is 0 Å². The van der Waals surface area contributed by atoms with Crippen LogP contribution in [0.1, 0.15) is 29.8 Å². The van der Waals surface area contributed by atoms with Gasteiger partial charge in [-0.05, 0) is 31.2 Å². The molecule has 4 heteroatoms. The second-order valence-electron chi connectivity index (χ2n) is 5.08. The summed E-state index contributed by atoms with van der Waals surface area (Å²) in [6.07, 6.45) is 4.96. The first-order chi connectivity index (χ1) is 7.86. The first-order valence-corrected chi connectivity index (χ1v) is 6.25. The average molecular weight is 221 g/mol. The molecule has 2 aliphatic rings. The summed E-state index contributed by atoms with van der Waals surface area (Å²) < 4.78 is 0. The molecule has 0 aromatic carbocycles. The van der Waals surface area contributed by atoms with E-state index in [9.17, 15) is 0 Å². The quantitative estimate of drug-likeness (QED) is 0.790. The van der Waals surface area contributed by atoms with Gasteiger partial charge in [0.1, 0.15) is 0 Å². The van der Waals surface area contributed by atoms with Gasteiger partial charge in [0, 0.05) is 37.9 Å². The van der Waals surface area contributed by atoms with E-state index >= 15 is 0 Å². The number of rotatable bonds is 3. The number of fused-ring (bicyclic) bond motifs is 1. The van der Waals surface area contributed by atoms with E-state index in [2.05, 4.69) is 15.1 Å². The predicted octanol–water partition coefficient (Wildman–Crippen LogP) is 0.713. The van der Waals surface area contributed by atoms with Crippen LogP contribution in [0.5, 0.6) is 0 Å². The van der Waals surface area contributed by atoms with Crippen LogP contribution < -0.4 is 0 Å². The Morgan fingerprint density at radius 2 is 2.12 bits per heavy atom. The Morgan fingerprint density at radius 1 is 1.31 bits per heavy atom. The minimum absolute atomic E-state index is 0.329. The fourth-order valence-corrected chi connectivity index (χ4v) is 2.81. The van der Waals surface area contributed by atoms with Crippen LogP contribution in [0, 0.1) is 5.92 Å². The molecule has 1 aromatic heterocycles. The predicted molar refractivity (Wildman–Crippen MR) is 61.1 cm³/mol. The third-order valence-corrected chi connectivity index (χ3v) is 3.81. The Bertz CT molecular complexity index is 368. The lowest BCUT2D eigenvalue weighted by Crippen LogP contribution is -2.47. The number of aromatic nitrogens is 2. The highest BCUT2D eigenvalue weighted by Gasteiger charge is 2.27. The molecular formula is C12H19N3O. The van der Waals surface area contributed by atoms with Crippen molar-refractivity contribution < 1.29 is 5.11 Å². The number of aliphatic hydroxyl groups excluding tert-OH is 1. The number of nitrogens with one attached hydrogen (secondary N) is 1. The second-order valence-corrected chi connectivity index (χ2v) is 5.08.